The van der Waals surface area contributed by atoms with Crippen LogP contribution in [0.5, 0.6) is 0 Å². The van der Waals surface area contributed by atoms with E-state index in [1.54, 1.807) is 12.1 Å². The van der Waals surface area contributed by atoms with Crippen molar-refractivity contribution in [2.75, 3.05) is 11.4 Å². The van der Waals surface area contributed by atoms with Gasteiger partial charge < -0.3 is 15.7 Å². The van der Waals surface area contributed by atoms with Crippen molar-refractivity contribution in [2.24, 2.45) is 5.73 Å². The Bertz CT molecular complexity index is 519. The molecule has 1 amide bonds. The van der Waals surface area contributed by atoms with Crippen LogP contribution in [0.15, 0.2) is 22.7 Å². The maximum atomic E-state index is 11.5. The van der Waals surface area contributed by atoms with E-state index in [2.05, 4.69) is 15.9 Å². The fraction of sp³-hybridized carbons (Fsp3) is 0.385. The highest BCUT2D eigenvalue weighted by molar-refractivity contribution is 9.10. The van der Waals surface area contributed by atoms with E-state index in [0.29, 0.717) is 4.47 Å². The summed E-state index contributed by atoms with van der Waals surface area (Å²) in [6.07, 6.45) is 2.73. The number of nitrogens with zero attached hydrogens (tertiary/aromatic N) is 1. The third-order valence-electron chi connectivity index (χ3n) is 3.35. The molecule has 1 aliphatic rings. The number of hydrogen-bond acceptors (Lipinski definition) is 3. The number of carboxylic acids is 1. The van der Waals surface area contributed by atoms with E-state index in [0.717, 1.165) is 31.5 Å². The number of carboxylic acid groups (broad SMARTS) is 1. The van der Waals surface area contributed by atoms with Gasteiger partial charge in [-0.15, -0.1) is 0 Å². The van der Waals surface area contributed by atoms with Gasteiger partial charge in [0.05, 0.1) is 5.56 Å². The van der Waals surface area contributed by atoms with Crippen molar-refractivity contribution in [3.63, 3.8) is 0 Å². The van der Waals surface area contributed by atoms with Crippen molar-refractivity contribution in [2.45, 2.75) is 25.3 Å². The van der Waals surface area contributed by atoms with Crippen molar-refractivity contribution in [1.29, 1.82) is 0 Å². The van der Waals surface area contributed by atoms with E-state index in [9.17, 15) is 9.59 Å². The number of primary amides is 1. The molecule has 0 bridgehead atoms. The molecular formula is C13H15BrN2O3. The molecule has 0 saturated carbocycles. The summed E-state index contributed by atoms with van der Waals surface area (Å²) < 4.78 is 0.506. The highest BCUT2D eigenvalue weighted by Gasteiger charge is 2.27. The summed E-state index contributed by atoms with van der Waals surface area (Å²) in [5, 5.41) is 8.99. The van der Waals surface area contributed by atoms with Gasteiger partial charge in [0.15, 0.2) is 0 Å². The van der Waals surface area contributed by atoms with Gasteiger partial charge in [0.1, 0.15) is 6.04 Å². The summed E-state index contributed by atoms with van der Waals surface area (Å²) in [4.78, 5) is 24.4. The summed E-state index contributed by atoms with van der Waals surface area (Å²) in [5.74, 6) is -1.32. The first kappa shape index (κ1) is 13.9. The lowest BCUT2D eigenvalue weighted by molar-refractivity contribution is -0.119. The third-order valence-corrected chi connectivity index (χ3v) is 4.00. The highest BCUT2D eigenvalue weighted by Crippen LogP contribution is 2.29. The van der Waals surface area contributed by atoms with Crippen molar-refractivity contribution < 1.29 is 14.7 Å². The Morgan fingerprint density at radius 2 is 2.11 bits per heavy atom. The van der Waals surface area contributed by atoms with Gasteiger partial charge in [-0.25, -0.2) is 4.79 Å². The molecule has 102 valence electrons. The van der Waals surface area contributed by atoms with E-state index < -0.39 is 5.97 Å². The zero-order valence-corrected chi connectivity index (χ0v) is 11.9. The Morgan fingerprint density at radius 3 is 2.68 bits per heavy atom. The molecule has 0 aromatic heterocycles. The van der Waals surface area contributed by atoms with Crippen LogP contribution in [0.25, 0.3) is 0 Å². The highest BCUT2D eigenvalue weighted by atomic mass is 79.9. The Balaban J connectivity index is 2.32. The Morgan fingerprint density at radius 1 is 1.37 bits per heavy atom. The SMILES string of the molecule is NC(=O)C1CCCCN1c1ccc(C(=O)O)c(Br)c1. The van der Waals surface area contributed by atoms with Gasteiger partial charge in [0, 0.05) is 16.7 Å². The fourth-order valence-corrected chi connectivity index (χ4v) is 2.93. The van der Waals surface area contributed by atoms with Gasteiger partial charge in [-0.05, 0) is 53.4 Å². The number of benzene rings is 1. The minimum atomic E-state index is -0.983. The Labute approximate surface area is 119 Å². The summed E-state index contributed by atoms with van der Waals surface area (Å²) in [6, 6.07) is 4.67. The second kappa shape index (κ2) is 5.61. The van der Waals surface area contributed by atoms with Crippen molar-refractivity contribution in [3.8, 4) is 0 Å². The second-order valence-corrected chi connectivity index (χ2v) is 5.43. The number of hydrogen-bond donors (Lipinski definition) is 2. The first-order valence-corrected chi connectivity index (χ1v) is 6.89. The summed E-state index contributed by atoms with van der Waals surface area (Å²) in [6.45, 7) is 0.756. The van der Waals surface area contributed by atoms with Gasteiger partial charge in [-0.3, -0.25) is 4.79 Å². The van der Waals surface area contributed by atoms with Gasteiger partial charge >= 0.3 is 5.97 Å². The van der Waals surface area contributed by atoms with Crippen molar-refractivity contribution >= 4 is 33.5 Å². The molecule has 1 unspecified atom stereocenters. The van der Waals surface area contributed by atoms with Crippen molar-refractivity contribution in [1.82, 2.24) is 0 Å². The lowest BCUT2D eigenvalue weighted by Gasteiger charge is -2.35. The van der Waals surface area contributed by atoms with Crippen LogP contribution in [0.2, 0.25) is 0 Å². The van der Waals surface area contributed by atoms with Crippen molar-refractivity contribution in [3.05, 3.63) is 28.2 Å². The zero-order chi connectivity index (χ0) is 14.0. The Kier molecular flexibility index (Phi) is 4.09. The third kappa shape index (κ3) is 2.89. The van der Waals surface area contributed by atoms with Crippen LogP contribution in [0, 0.1) is 0 Å². The molecule has 1 aliphatic heterocycles. The van der Waals surface area contributed by atoms with Crippen LogP contribution in [-0.2, 0) is 4.79 Å². The molecule has 2 rings (SSSR count). The van der Waals surface area contributed by atoms with Gasteiger partial charge in [-0.2, -0.15) is 0 Å². The van der Waals surface area contributed by atoms with Crippen LogP contribution < -0.4 is 10.6 Å². The predicted octanol–water partition coefficient (Wildman–Crippen LogP) is 1.99. The molecule has 1 saturated heterocycles. The Hall–Kier alpha value is -1.56. The van der Waals surface area contributed by atoms with Gasteiger partial charge in [0.2, 0.25) is 5.91 Å². The zero-order valence-electron chi connectivity index (χ0n) is 10.3. The molecule has 1 heterocycles. The number of rotatable bonds is 3. The normalized spacial score (nSPS) is 19.2. The monoisotopic (exact) mass is 326 g/mol. The van der Waals surface area contributed by atoms with E-state index in [4.69, 9.17) is 10.8 Å². The number of carbonyl (C=O) groups is 2. The first-order valence-electron chi connectivity index (χ1n) is 6.09. The molecule has 5 nitrogen and oxygen atoms in total. The van der Waals surface area contributed by atoms with Gasteiger partial charge in [-0.1, -0.05) is 0 Å². The molecule has 3 N–H and O–H groups in total. The molecule has 0 aliphatic carbocycles. The molecule has 0 spiro atoms. The minimum Gasteiger partial charge on any atom is -0.478 e. The van der Waals surface area contributed by atoms with E-state index in [1.807, 2.05) is 4.90 Å². The first-order chi connectivity index (χ1) is 9.00. The molecule has 19 heavy (non-hydrogen) atoms. The smallest absolute Gasteiger partial charge is 0.336 e. The number of amides is 1. The number of nitrogens with two attached hydrogens (primary N) is 1. The molecule has 6 heteroatoms. The van der Waals surface area contributed by atoms with Crippen LogP contribution in [0.1, 0.15) is 29.6 Å². The summed E-state index contributed by atoms with van der Waals surface area (Å²) >= 11 is 3.25. The second-order valence-electron chi connectivity index (χ2n) is 4.58. The molecule has 0 radical (unpaired) electrons. The molecule has 1 fully saturated rings. The lowest BCUT2D eigenvalue weighted by Crippen LogP contribution is -2.47. The number of halogens is 1. The minimum absolute atomic E-state index is 0.205. The molecular weight excluding hydrogens is 312 g/mol. The number of carbonyl (C=O) groups excluding carboxylic acids is 1. The largest absolute Gasteiger partial charge is 0.478 e. The number of piperidine rings is 1. The maximum absolute atomic E-state index is 11.5. The summed E-state index contributed by atoms with van der Waals surface area (Å²) in [7, 11) is 0. The summed E-state index contributed by atoms with van der Waals surface area (Å²) in [5.41, 5.74) is 6.45. The van der Waals surface area contributed by atoms with E-state index >= 15 is 0 Å². The standard InChI is InChI=1S/C13H15BrN2O3/c14-10-7-8(4-5-9(10)13(18)19)16-6-2-1-3-11(16)12(15)17/h4-5,7,11H,1-3,6H2,(H2,15,17)(H,18,19). The lowest BCUT2D eigenvalue weighted by atomic mass is 10.0. The molecule has 1 aromatic carbocycles. The predicted molar refractivity (Wildman–Crippen MR) is 75.3 cm³/mol. The number of aromatic carboxylic acids is 1. The van der Waals surface area contributed by atoms with Crippen LogP contribution >= 0.6 is 15.9 Å². The van der Waals surface area contributed by atoms with Gasteiger partial charge in [0.25, 0.3) is 0 Å². The van der Waals surface area contributed by atoms with E-state index in [1.165, 1.54) is 6.07 Å². The molecule has 1 aromatic rings. The topological polar surface area (TPSA) is 83.6 Å². The fourth-order valence-electron chi connectivity index (χ4n) is 2.39. The number of anilines is 1. The maximum Gasteiger partial charge on any atom is 0.336 e. The van der Waals surface area contributed by atoms with Crippen LogP contribution in [0.4, 0.5) is 5.69 Å². The van der Waals surface area contributed by atoms with E-state index in [-0.39, 0.29) is 17.5 Å². The van der Waals surface area contributed by atoms with Crippen LogP contribution in [-0.4, -0.2) is 29.6 Å². The quantitative estimate of drug-likeness (QED) is 0.889. The average molecular weight is 327 g/mol. The molecule has 1 atom stereocenters. The average Bonchev–Trinajstić information content (AvgIpc) is 2.38. The van der Waals surface area contributed by atoms with Crippen LogP contribution in [0.3, 0.4) is 0 Å².